The zero-order valence-electron chi connectivity index (χ0n) is 18.0. The number of hydrogen-bond donors (Lipinski definition) is 1. The Morgan fingerprint density at radius 2 is 1.83 bits per heavy atom. The van der Waals surface area contributed by atoms with Crippen molar-refractivity contribution in [1.82, 2.24) is 9.88 Å². The van der Waals surface area contributed by atoms with Crippen LogP contribution in [-0.2, 0) is 17.8 Å². The Bertz CT molecular complexity index is 1130. The van der Waals surface area contributed by atoms with E-state index in [0.717, 1.165) is 28.9 Å². The van der Waals surface area contributed by atoms with Crippen LogP contribution in [0, 0.1) is 32.1 Å². The Balaban J connectivity index is 1.93. The number of carbonyl (C=O) groups is 1. The molecule has 1 heterocycles. The number of nitriles is 1. The average molecular weight is 398 g/mol. The highest BCUT2D eigenvalue weighted by atomic mass is 16.1. The molecule has 0 fully saturated rings. The molecular weight excluding hydrogens is 370 g/mol. The van der Waals surface area contributed by atoms with Crippen molar-refractivity contribution in [3.8, 4) is 11.8 Å². The molecule has 0 bridgehead atoms. The molecule has 0 unspecified atom stereocenters. The number of aromatic nitrogens is 1. The van der Waals surface area contributed by atoms with Crippen LogP contribution in [0.5, 0.6) is 0 Å². The molecule has 0 saturated heterocycles. The van der Waals surface area contributed by atoms with Crippen molar-refractivity contribution in [2.24, 2.45) is 0 Å². The molecule has 30 heavy (non-hydrogen) atoms. The number of carbonyl (C=O) groups excluding carboxylic acids is 1. The van der Waals surface area contributed by atoms with E-state index < -0.39 is 0 Å². The lowest BCUT2D eigenvalue weighted by Crippen LogP contribution is -2.23. The predicted octanol–water partition coefficient (Wildman–Crippen LogP) is 5.19. The largest absolute Gasteiger partial charge is 0.347 e. The summed E-state index contributed by atoms with van der Waals surface area (Å²) in [5, 5.41) is 12.4. The molecule has 0 spiro atoms. The number of rotatable bonds is 6. The Morgan fingerprint density at radius 3 is 2.50 bits per heavy atom. The van der Waals surface area contributed by atoms with Gasteiger partial charge in [-0.15, -0.1) is 0 Å². The molecule has 0 aliphatic heterocycles. The van der Waals surface area contributed by atoms with Gasteiger partial charge in [-0.05, 0) is 61.6 Å². The first-order chi connectivity index (χ1) is 14.5. The summed E-state index contributed by atoms with van der Waals surface area (Å²) in [6.07, 6.45) is 2.62. The maximum absolute atomic E-state index is 12.6. The number of nitrogens with zero attached hydrogens (tertiary/aromatic N) is 2. The number of aryl methyl sites for hydroxylation is 3. The molecule has 1 N–H and O–H groups in total. The van der Waals surface area contributed by atoms with Crippen molar-refractivity contribution < 1.29 is 4.79 Å². The minimum Gasteiger partial charge on any atom is -0.347 e. The van der Waals surface area contributed by atoms with Gasteiger partial charge in [0.05, 0.1) is 5.69 Å². The van der Waals surface area contributed by atoms with Crippen molar-refractivity contribution in [3.63, 3.8) is 0 Å². The van der Waals surface area contributed by atoms with Crippen LogP contribution in [0.2, 0.25) is 0 Å². The van der Waals surface area contributed by atoms with Gasteiger partial charge in [0.2, 0.25) is 0 Å². The number of para-hydroxylation sites is 1. The second-order valence-corrected chi connectivity index (χ2v) is 7.44. The van der Waals surface area contributed by atoms with E-state index in [4.69, 9.17) is 0 Å². The van der Waals surface area contributed by atoms with E-state index >= 15 is 0 Å². The zero-order valence-corrected chi connectivity index (χ0v) is 18.0. The van der Waals surface area contributed by atoms with Gasteiger partial charge in [-0.3, -0.25) is 4.79 Å². The molecule has 152 valence electrons. The van der Waals surface area contributed by atoms with Crippen LogP contribution in [0.4, 0.5) is 0 Å². The Morgan fingerprint density at radius 1 is 1.10 bits per heavy atom. The summed E-state index contributed by atoms with van der Waals surface area (Å²) in [6, 6.07) is 20.1. The van der Waals surface area contributed by atoms with Crippen molar-refractivity contribution in [3.05, 3.63) is 93.8 Å². The Labute approximate surface area is 178 Å². The summed E-state index contributed by atoms with van der Waals surface area (Å²) in [6.45, 7) is 8.73. The molecule has 0 aliphatic carbocycles. The zero-order chi connectivity index (χ0) is 21.7. The summed E-state index contributed by atoms with van der Waals surface area (Å²) < 4.78 is 2.22. The van der Waals surface area contributed by atoms with Crippen LogP contribution in [-0.4, -0.2) is 10.5 Å². The van der Waals surface area contributed by atoms with Crippen LogP contribution < -0.4 is 5.32 Å². The van der Waals surface area contributed by atoms with Gasteiger partial charge < -0.3 is 9.88 Å². The van der Waals surface area contributed by atoms with Crippen molar-refractivity contribution in [2.45, 2.75) is 40.7 Å². The van der Waals surface area contributed by atoms with Crippen LogP contribution >= 0.6 is 0 Å². The third-order valence-electron chi connectivity index (χ3n) is 5.36. The van der Waals surface area contributed by atoms with Gasteiger partial charge in [0.1, 0.15) is 11.6 Å². The van der Waals surface area contributed by atoms with Gasteiger partial charge in [0.15, 0.2) is 0 Å². The fourth-order valence-corrected chi connectivity index (χ4v) is 3.78. The van der Waals surface area contributed by atoms with E-state index in [1.807, 2.05) is 43.3 Å². The SMILES string of the molecule is CCc1cccc(C)c1-n1c(C)cc(/C=C(/C#N)C(=O)NCc2ccccc2)c1C. The molecule has 0 radical (unpaired) electrons. The maximum atomic E-state index is 12.6. The lowest BCUT2D eigenvalue weighted by atomic mass is 10.1. The van der Waals surface area contributed by atoms with E-state index in [1.165, 1.54) is 16.8 Å². The number of amides is 1. The third-order valence-corrected chi connectivity index (χ3v) is 5.36. The Kier molecular flexibility index (Phi) is 6.54. The van der Waals surface area contributed by atoms with Gasteiger partial charge in [-0.2, -0.15) is 5.26 Å². The number of nitrogens with one attached hydrogen (secondary N) is 1. The molecule has 4 nitrogen and oxygen atoms in total. The van der Waals surface area contributed by atoms with E-state index in [1.54, 1.807) is 6.08 Å². The van der Waals surface area contributed by atoms with Crippen LogP contribution in [0.15, 0.2) is 60.2 Å². The molecule has 3 rings (SSSR count). The third kappa shape index (κ3) is 4.36. The lowest BCUT2D eigenvalue weighted by Gasteiger charge is -2.17. The highest BCUT2D eigenvalue weighted by Gasteiger charge is 2.16. The lowest BCUT2D eigenvalue weighted by molar-refractivity contribution is -0.117. The first-order valence-electron chi connectivity index (χ1n) is 10.2. The van der Waals surface area contributed by atoms with Crippen molar-refractivity contribution in [1.29, 1.82) is 5.26 Å². The standard InChI is InChI=1S/C26H27N3O/c1-5-22-13-9-10-18(2)25(22)29-19(3)14-23(20(29)4)15-24(16-27)26(30)28-17-21-11-7-6-8-12-21/h6-15H,5,17H2,1-4H3,(H,28,30)/b24-15-. The fourth-order valence-electron chi connectivity index (χ4n) is 3.78. The smallest absolute Gasteiger partial charge is 0.262 e. The number of benzene rings is 2. The summed E-state index contributed by atoms with van der Waals surface area (Å²) in [5.74, 6) is -0.365. The van der Waals surface area contributed by atoms with Crippen LogP contribution in [0.3, 0.4) is 0 Å². The second kappa shape index (κ2) is 9.28. The molecule has 1 amide bonds. The topological polar surface area (TPSA) is 57.8 Å². The van der Waals surface area contributed by atoms with Crippen LogP contribution in [0.25, 0.3) is 11.8 Å². The first kappa shape index (κ1) is 21.1. The van der Waals surface area contributed by atoms with Gasteiger partial charge in [-0.25, -0.2) is 0 Å². The van der Waals surface area contributed by atoms with E-state index in [-0.39, 0.29) is 11.5 Å². The van der Waals surface area contributed by atoms with E-state index in [2.05, 4.69) is 54.9 Å². The molecule has 0 aliphatic rings. The molecule has 2 aromatic carbocycles. The van der Waals surface area contributed by atoms with Crippen LogP contribution in [0.1, 0.15) is 40.6 Å². The highest BCUT2D eigenvalue weighted by molar-refractivity contribution is 6.01. The summed E-state index contributed by atoms with van der Waals surface area (Å²) in [5.41, 5.74) is 7.72. The van der Waals surface area contributed by atoms with Crippen molar-refractivity contribution >= 4 is 12.0 Å². The van der Waals surface area contributed by atoms with Gasteiger partial charge in [0, 0.05) is 17.9 Å². The quantitative estimate of drug-likeness (QED) is 0.460. The molecule has 1 aromatic heterocycles. The summed E-state index contributed by atoms with van der Waals surface area (Å²) in [4.78, 5) is 12.6. The molecule has 0 saturated carbocycles. The van der Waals surface area contributed by atoms with Gasteiger partial charge in [-0.1, -0.05) is 55.5 Å². The average Bonchev–Trinajstić information content (AvgIpc) is 3.03. The summed E-state index contributed by atoms with van der Waals surface area (Å²) in [7, 11) is 0. The Hall–Kier alpha value is -3.58. The minimum atomic E-state index is -0.365. The monoisotopic (exact) mass is 397 g/mol. The van der Waals surface area contributed by atoms with E-state index in [9.17, 15) is 10.1 Å². The molecule has 3 aromatic rings. The first-order valence-corrected chi connectivity index (χ1v) is 10.2. The normalized spacial score (nSPS) is 11.2. The molecule has 4 heteroatoms. The number of hydrogen-bond acceptors (Lipinski definition) is 2. The van der Waals surface area contributed by atoms with Crippen molar-refractivity contribution in [2.75, 3.05) is 0 Å². The van der Waals surface area contributed by atoms with Gasteiger partial charge >= 0.3 is 0 Å². The minimum absolute atomic E-state index is 0.103. The predicted molar refractivity (Wildman–Crippen MR) is 121 cm³/mol. The summed E-state index contributed by atoms with van der Waals surface area (Å²) >= 11 is 0. The van der Waals surface area contributed by atoms with E-state index in [0.29, 0.717) is 6.54 Å². The van der Waals surface area contributed by atoms with Gasteiger partial charge in [0.25, 0.3) is 5.91 Å². The highest BCUT2D eigenvalue weighted by Crippen LogP contribution is 2.27. The molecular formula is C26H27N3O. The second-order valence-electron chi connectivity index (χ2n) is 7.44. The maximum Gasteiger partial charge on any atom is 0.262 e. The molecule has 0 atom stereocenters. The fraction of sp³-hybridized carbons (Fsp3) is 0.231.